The van der Waals surface area contributed by atoms with E-state index >= 15 is 0 Å². The minimum absolute atomic E-state index is 0.00729. The third-order valence-corrected chi connectivity index (χ3v) is 4.84. The van der Waals surface area contributed by atoms with Crippen molar-refractivity contribution in [3.63, 3.8) is 0 Å². The zero-order chi connectivity index (χ0) is 26.0. The van der Waals surface area contributed by atoms with Gasteiger partial charge in [-0.25, -0.2) is 18.7 Å². The van der Waals surface area contributed by atoms with Gasteiger partial charge in [-0.05, 0) is 60.7 Å². The lowest BCUT2D eigenvalue weighted by molar-refractivity contribution is -0.122. The van der Waals surface area contributed by atoms with Gasteiger partial charge in [0.1, 0.15) is 12.4 Å². The van der Waals surface area contributed by atoms with Gasteiger partial charge in [0, 0.05) is 15.2 Å². The van der Waals surface area contributed by atoms with Gasteiger partial charge in [0.25, 0.3) is 5.91 Å². The average molecular weight is 608 g/mol. The minimum atomic E-state index is -1.48. The summed E-state index contributed by atoms with van der Waals surface area (Å²) in [6.45, 7) is 2.82. The molecule has 35 heavy (non-hydrogen) atoms. The summed E-state index contributed by atoms with van der Waals surface area (Å²) in [5.41, 5.74) is 0.265. The molecule has 0 unspecified atom stereocenters. The number of hydroxylamine groups is 1. The van der Waals surface area contributed by atoms with Gasteiger partial charge in [-0.3, -0.25) is 14.4 Å². The van der Waals surface area contributed by atoms with Crippen LogP contribution < -0.4 is 16.1 Å². The molecule has 0 heterocycles. The summed E-state index contributed by atoms with van der Waals surface area (Å²) >= 11 is 1.88. The third-order valence-electron chi connectivity index (χ3n) is 4.16. The van der Waals surface area contributed by atoms with Crippen LogP contribution in [-0.2, 0) is 14.5 Å². The number of carbonyl (C=O) groups is 2. The second kappa shape index (κ2) is 13.8. The molecular weight excluding hydrogens is 584 g/mol. The molecule has 0 saturated heterocycles. The molecule has 0 radical (unpaired) electrons. The van der Waals surface area contributed by atoms with Crippen molar-refractivity contribution in [2.45, 2.75) is 26.3 Å². The van der Waals surface area contributed by atoms with Crippen LogP contribution in [-0.4, -0.2) is 49.0 Å². The fraction of sp³-hybridized carbons (Fsp3) is 0.318. The molecule has 0 aliphatic carbocycles. The number of aliphatic hydroxyl groups excluding tert-OH is 1. The molecule has 2 aromatic rings. The van der Waals surface area contributed by atoms with E-state index in [1.54, 1.807) is 13.8 Å². The molecule has 0 bridgehead atoms. The molecule has 4 N–H and O–H groups in total. The van der Waals surface area contributed by atoms with Gasteiger partial charge in [0.2, 0.25) is 5.91 Å². The topological polar surface area (TPSA) is 121 Å². The van der Waals surface area contributed by atoms with Crippen molar-refractivity contribution in [1.29, 1.82) is 0 Å². The predicted molar refractivity (Wildman–Crippen MR) is 131 cm³/mol. The summed E-state index contributed by atoms with van der Waals surface area (Å²) in [4.78, 5) is 33.8. The number of hydrogen-bond acceptors (Lipinski definition) is 7. The number of oxime groups is 1. The van der Waals surface area contributed by atoms with Crippen LogP contribution in [0.2, 0.25) is 0 Å². The van der Waals surface area contributed by atoms with E-state index in [0.717, 1.165) is 12.3 Å². The lowest BCUT2D eigenvalue weighted by Gasteiger charge is -2.15. The maximum Gasteiger partial charge on any atom is 0.277 e. The molecule has 2 amide bonds. The van der Waals surface area contributed by atoms with Crippen molar-refractivity contribution in [3.05, 3.63) is 56.4 Å². The van der Waals surface area contributed by atoms with Gasteiger partial charge in [0.05, 0.1) is 42.8 Å². The van der Waals surface area contributed by atoms with E-state index in [0.29, 0.717) is 3.57 Å². The number of nitrogens with zero attached hydrogens (tertiary/aromatic N) is 1. The largest absolute Gasteiger partial charge is 0.395 e. The molecular formula is C22H24F3IN4O5. The Kier molecular flexibility index (Phi) is 11.2. The molecule has 13 heteroatoms. The first kappa shape index (κ1) is 28.3. The first-order valence-corrected chi connectivity index (χ1v) is 11.4. The highest BCUT2D eigenvalue weighted by Gasteiger charge is 2.23. The molecule has 2 rings (SSSR count). The van der Waals surface area contributed by atoms with Gasteiger partial charge in [-0.2, -0.15) is 0 Å². The van der Waals surface area contributed by atoms with Crippen LogP contribution in [0.3, 0.4) is 0 Å². The summed E-state index contributed by atoms with van der Waals surface area (Å²) < 4.78 is 44.6. The summed E-state index contributed by atoms with van der Waals surface area (Å²) in [6, 6.07) is 4.91. The molecule has 0 atom stereocenters. The highest BCUT2D eigenvalue weighted by atomic mass is 127. The van der Waals surface area contributed by atoms with Crippen LogP contribution in [0.1, 0.15) is 36.2 Å². The number of hydrogen-bond donors (Lipinski definition) is 4. The van der Waals surface area contributed by atoms with E-state index in [1.807, 2.05) is 28.1 Å². The van der Waals surface area contributed by atoms with E-state index in [4.69, 9.17) is 14.8 Å². The quantitative estimate of drug-likeness (QED) is 0.127. The van der Waals surface area contributed by atoms with Gasteiger partial charge in [-0.1, -0.05) is 5.16 Å². The zero-order valence-corrected chi connectivity index (χ0v) is 21.0. The number of rotatable bonds is 12. The predicted octanol–water partition coefficient (Wildman–Crippen LogP) is 3.37. The highest BCUT2D eigenvalue weighted by molar-refractivity contribution is 14.1. The van der Waals surface area contributed by atoms with E-state index in [1.165, 1.54) is 18.2 Å². The number of benzene rings is 2. The smallest absolute Gasteiger partial charge is 0.277 e. The first-order chi connectivity index (χ1) is 16.6. The maximum absolute atomic E-state index is 15.0. The monoisotopic (exact) mass is 608 g/mol. The standard InChI is InChI=1S/C22H24F3IN4O5/c1-12(2)28-18(32)5-7-34-27-11-13-9-15(22(33)30-35-8-6-31)21(20(25)19(13)24)29-17-4-3-14(26)10-16(17)23/h3-4,9-12,29,31H,5-8H2,1-2H3,(H,28,32)(H,30,33)/b27-11+. The van der Waals surface area contributed by atoms with Crippen LogP contribution in [0.4, 0.5) is 24.5 Å². The van der Waals surface area contributed by atoms with Crippen LogP contribution in [0.5, 0.6) is 0 Å². The molecule has 0 saturated carbocycles. The van der Waals surface area contributed by atoms with Crippen LogP contribution in [0.25, 0.3) is 0 Å². The van der Waals surface area contributed by atoms with Gasteiger partial charge in [0.15, 0.2) is 11.6 Å². The van der Waals surface area contributed by atoms with Crippen LogP contribution in [0.15, 0.2) is 29.4 Å². The second-order valence-electron chi connectivity index (χ2n) is 7.31. The summed E-state index contributed by atoms with van der Waals surface area (Å²) in [5.74, 6) is -4.87. The zero-order valence-electron chi connectivity index (χ0n) is 18.8. The van der Waals surface area contributed by atoms with Gasteiger partial charge < -0.3 is 20.6 Å². The van der Waals surface area contributed by atoms with E-state index in [9.17, 15) is 22.8 Å². The Morgan fingerprint density at radius 3 is 2.57 bits per heavy atom. The SMILES string of the molecule is CC(C)NC(=O)CCO/N=C/c1cc(C(=O)NOCCO)c(Nc2ccc(I)cc2F)c(F)c1F. The Morgan fingerprint density at radius 1 is 1.17 bits per heavy atom. The number of anilines is 2. The Bertz CT molecular complexity index is 1090. The number of nitrogens with one attached hydrogen (secondary N) is 3. The third kappa shape index (κ3) is 8.67. The number of amides is 2. The van der Waals surface area contributed by atoms with Crippen molar-refractivity contribution in [3.8, 4) is 0 Å². The van der Waals surface area contributed by atoms with Crippen molar-refractivity contribution in [2.75, 3.05) is 25.1 Å². The summed E-state index contributed by atoms with van der Waals surface area (Å²) in [5, 5.41) is 17.4. The fourth-order valence-electron chi connectivity index (χ4n) is 2.66. The summed E-state index contributed by atoms with van der Waals surface area (Å²) in [6.07, 6.45) is 0.825. The Balaban J connectivity index is 2.30. The first-order valence-electron chi connectivity index (χ1n) is 10.4. The number of carbonyl (C=O) groups excluding carboxylic acids is 2. The van der Waals surface area contributed by atoms with Crippen molar-refractivity contribution >= 4 is 52.0 Å². The molecule has 9 nitrogen and oxygen atoms in total. The lowest BCUT2D eigenvalue weighted by Crippen LogP contribution is -2.30. The van der Waals surface area contributed by atoms with Crippen molar-refractivity contribution < 1.29 is 37.5 Å². The van der Waals surface area contributed by atoms with Crippen molar-refractivity contribution in [1.82, 2.24) is 10.8 Å². The number of halogens is 4. The molecule has 0 aromatic heterocycles. The fourth-order valence-corrected chi connectivity index (χ4v) is 3.12. The van der Waals surface area contributed by atoms with Gasteiger partial charge in [-0.15, -0.1) is 0 Å². The minimum Gasteiger partial charge on any atom is -0.395 e. The average Bonchev–Trinajstić information content (AvgIpc) is 2.79. The Morgan fingerprint density at radius 2 is 1.91 bits per heavy atom. The normalized spacial score (nSPS) is 11.1. The molecule has 0 aliphatic rings. The van der Waals surface area contributed by atoms with E-state index in [2.05, 4.69) is 15.8 Å². The van der Waals surface area contributed by atoms with Crippen molar-refractivity contribution in [2.24, 2.45) is 5.16 Å². The molecule has 0 fully saturated rings. The highest BCUT2D eigenvalue weighted by Crippen LogP contribution is 2.30. The Labute approximate surface area is 213 Å². The van der Waals surface area contributed by atoms with Crippen LogP contribution >= 0.6 is 22.6 Å². The van der Waals surface area contributed by atoms with E-state index < -0.39 is 46.8 Å². The van der Waals surface area contributed by atoms with E-state index in [-0.39, 0.29) is 37.3 Å². The van der Waals surface area contributed by atoms with Gasteiger partial charge >= 0.3 is 0 Å². The molecule has 0 spiro atoms. The lowest BCUT2D eigenvalue weighted by atomic mass is 10.1. The molecule has 190 valence electrons. The molecule has 2 aromatic carbocycles. The van der Waals surface area contributed by atoms with Crippen LogP contribution in [0, 0.1) is 21.0 Å². The second-order valence-corrected chi connectivity index (χ2v) is 8.55. The number of aliphatic hydroxyl groups is 1. The molecule has 0 aliphatic heterocycles. The summed E-state index contributed by atoms with van der Waals surface area (Å²) in [7, 11) is 0. The Hall–Kier alpha value is -2.91. The maximum atomic E-state index is 15.0.